The quantitative estimate of drug-likeness (QED) is 0.932. The molecule has 3 heterocycles. The van der Waals surface area contributed by atoms with Gasteiger partial charge in [-0.15, -0.1) is 0 Å². The van der Waals surface area contributed by atoms with Gasteiger partial charge in [0, 0.05) is 29.5 Å². The van der Waals surface area contributed by atoms with E-state index in [4.69, 9.17) is 0 Å². The minimum atomic E-state index is 0.243. The van der Waals surface area contributed by atoms with Crippen molar-refractivity contribution in [2.24, 2.45) is 0 Å². The first-order chi connectivity index (χ1) is 9.66. The molecule has 0 unspecified atom stereocenters. The van der Waals surface area contributed by atoms with Crippen molar-refractivity contribution in [2.45, 2.75) is 38.6 Å². The summed E-state index contributed by atoms with van der Waals surface area (Å²) in [6.45, 7) is 7.58. The molecule has 0 radical (unpaired) electrons. The maximum absolute atomic E-state index is 4.60. The van der Waals surface area contributed by atoms with Gasteiger partial charge in [-0.05, 0) is 51.1 Å². The van der Waals surface area contributed by atoms with E-state index in [1.165, 1.54) is 24.2 Å². The highest BCUT2D eigenvalue weighted by atomic mass is 15.1. The lowest BCUT2D eigenvalue weighted by molar-refractivity contribution is 0.158. The molecule has 0 saturated carbocycles. The molecule has 20 heavy (non-hydrogen) atoms. The second kappa shape index (κ2) is 5.37. The van der Waals surface area contributed by atoms with Crippen LogP contribution in [0.3, 0.4) is 0 Å². The van der Waals surface area contributed by atoms with E-state index in [-0.39, 0.29) is 5.41 Å². The fourth-order valence-electron chi connectivity index (χ4n) is 2.98. The van der Waals surface area contributed by atoms with E-state index in [9.17, 15) is 0 Å². The van der Waals surface area contributed by atoms with Crippen LogP contribution in [0.1, 0.15) is 36.8 Å². The summed E-state index contributed by atoms with van der Waals surface area (Å²) in [5.74, 6) is 0. The van der Waals surface area contributed by atoms with E-state index in [1.54, 1.807) is 0 Å². The van der Waals surface area contributed by atoms with E-state index >= 15 is 0 Å². The summed E-state index contributed by atoms with van der Waals surface area (Å²) in [6.07, 6.45) is 4.19. The van der Waals surface area contributed by atoms with Crippen LogP contribution in [0.4, 0.5) is 0 Å². The zero-order chi connectivity index (χ0) is 14.0. The average molecular weight is 270 g/mol. The molecule has 0 amide bonds. The number of nitrogens with one attached hydrogen (secondary N) is 1. The first-order valence-corrected chi connectivity index (χ1v) is 7.30. The molecule has 2 aromatic heterocycles. The Morgan fingerprint density at radius 3 is 2.70 bits per heavy atom. The Kier molecular flexibility index (Phi) is 3.57. The number of aryl methyl sites for hydroxylation is 1. The third-order valence-corrected chi connectivity index (χ3v) is 4.44. The minimum Gasteiger partial charge on any atom is -0.297 e. The van der Waals surface area contributed by atoms with Crippen molar-refractivity contribution in [1.29, 1.82) is 0 Å². The van der Waals surface area contributed by atoms with E-state index < -0.39 is 0 Å². The normalized spacial score (nSPS) is 19.1. The standard InChI is InChI=1S/C16H22N4/c1-13-4-3-5-14(18-13)12-20-10-7-16(2,8-11-20)15-6-9-17-19-15/h3-6,9H,7-8,10-12H2,1-2H3,(H,17,19). The summed E-state index contributed by atoms with van der Waals surface area (Å²) < 4.78 is 0. The van der Waals surface area contributed by atoms with Gasteiger partial charge < -0.3 is 0 Å². The zero-order valence-electron chi connectivity index (χ0n) is 12.3. The lowest BCUT2D eigenvalue weighted by atomic mass is 9.77. The predicted octanol–water partition coefficient (Wildman–Crippen LogP) is 2.67. The van der Waals surface area contributed by atoms with Crippen molar-refractivity contribution in [3.05, 3.63) is 47.5 Å². The Balaban J connectivity index is 1.61. The lowest BCUT2D eigenvalue weighted by Crippen LogP contribution is -2.40. The van der Waals surface area contributed by atoms with Crippen LogP contribution in [0.25, 0.3) is 0 Å². The van der Waals surface area contributed by atoms with Crippen LogP contribution in [-0.2, 0) is 12.0 Å². The smallest absolute Gasteiger partial charge is 0.0547 e. The highest BCUT2D eigenvalue weighted by Gasteiger charge is 2.32. The Labute approximate surface area is 120 Å². The molecule has 106 valence electrons. The van der Waals surface area contributed by atoms with Gasteiger partial charge >= 0.3 is 0 Å². The molecule has 1 saturated heterocycles. The fraction of sp³-hybridized carbons (Fsp3) is 0.500. The third kappa shape index (κ3) is 2.75. The highest BCUT2D eigenvalue weighted by Crippen LogP contribution is 2.33. The Morgan fingerprint density at radius 1 is 1.25 bits per heavy atom. The second-order valence-electron chi connectivity index (χ2n) is 6.08. The predicted molar refractivity (Wildman–Crippen MR) is 79.4 cm³/mol. The van der Waals surface area contributed by atoms with Gasteiger partial charge in [-0.2, -0.15) is 5.10 Å². The van der Waals surface area contributed by atoms with Gasteiger partial charge in [0.05, 0.1) is 5.69 Å². The van der Waals surface area contributed by atoms with Crippen LogP contribution in [0.2, 0.25) is 0 Å². The Morgan fingerprint density at radius 2 is 2.05 bits per heavy atom. The molecule has 1 N–H and O–H groups in total. The molecule has 4 heteroatoms. The number of rotatable bonds is 3. The summed E-state index contributed by atoms with van der Waals surface area (Å²) >= 11 is 0. The van der Waals surface area contributed by atoms with Gasteiger partial charge in [-0.3, -0.25) is 15.0 Å². The number of aromatic nitrogens is 3. The number of piperidine rings is 1. The van der Waals surface area contributed by atoms with Crippen molar-refractivity contribution in [1.82, 2.24) is 20.1 Å². The van der Waals surface area contributed by atoms with E-state index in [0.29, 0.717) is 0 Å². The number of nitrogens with zero attached hydrogens (tertiary/aromatic N) is 3. The Bertz CT molecular complexity index is 554. The van der Waals surface area contributed by atoms with Crippen LogP contribution in [0.15, 0.2) is 30.5 Å². The van der Waals surface area contributed by atoms with Gasteiger partial charge in [-0.1, -0.05) is 13.0 Å². The summed E-state index contributed by atoms with van der Waals surface area (Å²) in [4.78, 5) is 7.10. The molecule has 0 spiro atoms. The summed E-state index contributed by atoms with van der Waals surface area (Å²) in [6, 6.07) is 8.37. The van der Waals surface area contributed by atoms with Crippen molar-refractivity contribution in [3.63, 3.8) is 0 Å². The minimum absolute atomic E-state index is 0.243. The van der Waals surface area contributed by atoms with Crippen molar-refractivity contribution < 1.29 is 0 Å². The monoisotopic (exact) mass is 270 g/mol. The molecule has 1 fully saturated rings. The molecule has 3 rings (SSSR count). The molecule has 1 aliphatic heterocycles. The highest BCUT2D eigenvalue weighted by molar-refractivity contribution is 5.15. The zero-order valence-corrected chi connectivity index (χ0v) is 12.3. The first kappa shape index (κ1) is 13.3. The van der Waals surface area contributed by atoms with Crippen LogP contribution in [-0.4, -0.2) is 33.2 Å². The van der Waals surface area contributed by atoms with E-state index in [1.807, 2.05) is 6.20 Å². The molecule has 1 aliphatic rings. The summed E-state index contributed by atoms with van der Waals surface area (Å²) in [5, 5.41) is 7.23. The lowest BCUT2D eigenvalue weighted by Gasteiger charge is -2.38. The maximum Gasteiger partial charge on any atom is 0.0547 e. The van der Waals surface area contributed by atoms with Crippen LogP contribution in [0.5, 0.6) is 0 Å². The van der Waals surface area contributed by atoms with Gasteiger partial charge in [-0.25, -0.2) is 0 Å². The molecular formula is C16H22N4. The molecule has 0 bridgehead atoms. The summed E-state index contributed by atoms with van der Waals surface area (Å²) in [5.41, 5.74) is 3.79. The van der Waals surface area contributed by atoms with Crippen LogP contribution < -0.4 is 0 Å². The van der Waals surface area contributed by atoms with Crippen LogP contribution >= 0.6 is 0 Å². The van der Waals surface area contributed by atoms with Crippen LogP contribution in [0, 0.1) is 6.92 Å². The number of hydrogen-bond acceptors (Lipinski definition) is 3. The molecular weight excluding hydrogens is 248 g/mol. The van der Waals surface area contributed by atoms with Gasteiger partial charge in [0.25, 0.3) is 0 Å². The summed E-state index contributed by atoms with van der Waals surface area (Å²) in [7, 11) is 0. The molecule has 4 nitrogen and oxygen atoms in total. The largest absolute Gasteiger partial charge is 0.297 e. The number of pyridine rings is 1. The second-order valence-corrected chi connectivity index (χ2v) is 6.08. The SMILES string of the molecule is Cc1cccc(CN2CCC(C)(c3ccn[nH]3)CC2)n1. The topological polar surface area (TPSA) is 44.8 Å². The van der Waals surface area contributed by atoms with Gasteiger partial charge in [0.2, 0.25) is 0 Å². The molecule has 0 aromatic carbocycles. The molecule has 0 aliphatic carbocycles. The number of H-pyrrole nitrogens is 1. The molecule has 0 atom stereocenters. The van der Waals surface area contributed by atoms with E-state index in [2.05, 4.69) is 58.2 Å². The first-order valence-electron chi connectivity index (χ1n) is 7.30. The van der Waals surface area contributed by atoms with Crippen molar-refractivity contribution >= 4 is 0 Å². The number of likely N-dealkylation sites (tertiary alicyclic amines) is 1. The molecule has 2 aromatic rings. The van der Waals surface area contributed by atoms with Gasteiger partial charge in [0.15, 0.2) is 0 Å². The third-order valence-electron chi connectivity index (χ3n) is 4.44. The van der Waals surface area contributed by atoms with Crippen molar-refractivity contribution in [2.75, 3.05) is 13.1 Å². The maximum atomic E-state index is 4.60. The average Bonchev–Trinajstić information content (AvgIpc) is 2.96. The number of hydrogen-bond donors (Lipinski definition) is 1. The Hall–Kier alpha value is -1.68. The van der Waals surface area contributed by atoms with E-state index in [0.717, 1.165) is 25.3 Å². The van der Waals surface area contributed by atoms with Gasteiger partial charge in [0.1, 0.15) is 0 Å². The number of aromatic amines is 1. The fourth-order valence-corrected chi connectivity index (χ4v) is 2.98. The van der Waals surface area contributed by atoms with Crippen molar-refractivity contribution in [3.8, 4) is 0 Å².